The van der Waals surface area contributed by atoms with Crippen molar-refractivity contribution in [2.45, 2.75) is 77.7 Å². The Balaban J connectivity index is 1.71. The zero-order valence-electron chi connectivity index (χ0n) is 17.6. The largest absolute Gasteiger partial charge is 0.377 e. The van der Waals surface area contributed by atoms with E-state index < -0.39 is 0 Å². The van der Waals surface area contributed by atoms with E-state index in [9.17, 15) is 4.39 Å². The lowest BCUT2D eigenvalue weighted by molar-refractivity contribution is 0.131. The Hall–Kier alpha value is -1.67. The molecule has 2 heteroatoms. The van der Waals surface area contributed by atoms with Crippen LogP contribution < -0.4 is 0 Å². The molecule has 0 amide bonds. The topological polar surface area (TPSA) is 9.23 Å². The molecular weight excluding hydrogens is 347 g/mol. The highest BCUT2D eigenvalue weighted by Gasteiger charge is 2.24. The first-order valence-corrected chi connectivity index (χ1v) is 11.2. The van der Waals surface area contributed by atoms with Crippen LogP contribution in [0.1, 0.15) is 82.3 Å². The summed E-state index contributed by atoms with van der Waals surface area (Å²) in [4.78, 5) is 0. The lowest BCUT2D eigenvalue weighted by atomic mass is 9.75. The molecule has 0 saturated heterocycles. The van der Waals surface area contributed by atoms with Crippen molar-refractivity contribution in [2.24, 2.45) is 5.92 Å². The highest BCUT2D eigenvalue weighted by molar-refractivity contribution is 5.68. The van der Waals surface area contributed by atoms with Gasteiger partial charge in [-0.3, -0.25) is 0 Å². The summed E-state index contributed by atoms with van der Waals surface area (Å²) >= 11 is 0. The van der Waals surface area contributed by atoms with Crippen LogP contribution in [0.5, 0.6) is 0 Å². The van der Waals surface area contributed by atoms with Crippen LogP contribution in [0, 0.1) is 11.7 Å². The standard InChI is InChI=1S/C26H35FO/c1-3-5-6-9-20-12-14-21(15-13-20)24-10-7-8-11-25(24)22-16-17-23(19-28-4-2)26(27)18-22/h7-8,10-11,16-18,20-21H,3-6,9,12-15,19H2,1-2H3/t20-,21-. The Morgan fingerprint density at radius 1 is 0.964 bits per heavy atom. The summed E-state index contributed by atoms with van der Waals surface area (Å²) in [6.07, 6.45) is 10.7. The zero-order chi connectivity index (χ0) is 19.8. The van der Waals surface area contributed by atoms with Gasteiger partial charge >= 0.3 is 0 Å². The lowest BCUT2D eigenvalue weighted by Crippen LogP contribution is -2.14. The summed E-state index contributed by atoms with van der Waals surface area (Å²) in [6.45, 7) is 5.15. The number of ether oxygens (including phenoxy) is 1. The van der Waals surface area contributed by atoms with Gasteiger partial charge in [0.2, 0.25) is 0 Å². The minimum absolute atomic E-state index is 0.166. The molecule has 0 heterocycles. The Morgan fingerprint density at radius 2 is 1.75 bits per heavy atom. The molecule has 2 aromatic carbocycles. The van der Waals surface area contributed by atoms with E-state index >= 15 is 0 Å². The molecule has 152 valence electrons. The third-order valence-corrected chi connectivity index (χ3v) is 6.29. The molecule has 0 atom stereocenters. The fraction of sp³-hybridized carbons (Fsp3) is 0.538. The van der Waals surface area contributed by atoms with Gasteiger partial charge in [-0.25, -0.2) is 4.39 Å². The molecular formula is C26H35FO. The lowest BCUT2D eigenvalue weighted by Gasteiger charge is -2.30. The highest BCUT2D eigenvalue weighted by atomic mass is 19.1. The summed E-state index contributed by atoms with van der Waals surface area (Å²) in [7, 11) is 0. The van der Waals surface area contributed by atoms with Gasteiger partial charge in [0.15, 0.2) is 0 Å². The van der Waals surface area contributed by atoms with Crippen molar-refractivity contribution in [3.63, 3.8) is 0 Å². The third-order valence-electron chi connectivity index (χ3n) is 6.29. The van der Waals surface area contributed by atoms with Crippen LogP contribution in [0.25, 0.3) is 11.1 Å². The van der Waals surface area contributed by atoms with E-state index in [0.717, 1.165) is 11.5 Å². The first-order chi connectivity index (χ1) is 13.7. The van der Waals surface area contributed by atoms with Crippen LogP contribution in [-0.2, 0) is 11.3 Å². The number of rotatable bonds is 9. The molecule has 0 radical (unpaired) electrons. The van der Waals surface area contributed by atoms with Gasteiger partial charge in [-0.15, -0.1) is 0 Å². The molecule has 28 heavy (non-hydrogen) atoms. The normalized spacial score (nSPS) is 19.7. The summed E-state index contributed by atoms with van der Waals surface area (Å²) < 4.78 is 19.9. The molecule has 0 N–H and O–H groups in total. The highest BCUT2D eigenvalue weighted by Crippen LogP contribution is 2.41. The molecule has 1 fully saturated rings. The second-order valence-electron chi connectivity index (χ2n) is 8.24. The quantitative estimate of drug-likeness (QED) is 0.401. The maximum Gasteiger partial charge on any atom is 0.129 e. The van der Waals surface area contributed by atoms with Gasteiger partial charge in [0.05, 0.1) is 6.61 Å². The molecule has 1 aliphatic carbocycles. The monoisotopic (exact) mass is 382 g/mol. The van der Waals surface area contributed by atoms with Crippen LogP contribution in [0.4, 0.5) is 4.39 Å². The van der Waals surface area contributed by atoms with E-state index in [1.165, 1.54) is 62.5 Å². The molecule has 3 rings (SSSR count). The van der Waals surface area contributed by atoms with Crippen molar-refractivity contribution in [3.05, 3.63) is 59.4 Å². The Bertz CT molecular complexity index is 731. The summed E-state index contributed by atoms with van der Waals surface area (Å²) in [5.41, 5.74) is 4.21. The number of unbranched alkanes of at least 4 members (excludes halogenated alkanes) is 2. The average molecular weight is 383 g/mol. The van der Waals surface area contributed by atoms with Gasteiger partial charge in [-0.05, 0) is 67.2 Å². The molecule has 0 bridgehead atoms. The molecule has 2 aromatic rings. The molecule has 0 spiro atoms. The van der Waals surface area contributed by atoms with Gasteiger partial charge in [-0.1, -0.05) is 69.0 Å². The van der Waals surface area contributed by atoms with E-state index in [4.69, 9.17) is 4.74 Å². The maximum atomic E-state index is 14.6. The van der Waals surface area contributed by atoms with Gasteiger partial charge in [-0.2, -0.15) is 0 Å². The Labute approximate surface area is 170 Å². The first-order valence-electron chi connectivity index (χ1n) is 11.2. The second kappa shape index (κ2) is 10.8. The smallest absolute Gasteiger partial charge is 0.129 e. The van der Waals surface area contributed by atoms with Crippen LogP contribution in [0.2, 0.25) is 0 Å². The third kappa shape index (κ3) is 5.44. The van der Waals surface area contributed by atoms with Crippen LogP contribution in [-0.4, -0.2) is 6.61 Å². The van der Waals surface area contributed by atoms with Crippen molar-refractivity contribution in [1.82, 2.24) is 0 Å². The predicted octanol–water partition coefficient (Wildman–Crippen LogP) is 7.88. The average Bonchev–Trinajstić information content (AvgIpc) is 2.73. The molecule has 0 aromatic heterocycles. The van der Waals surface area contributed by atoms with E-state index in [1.807, 2.05) is 19.1 Å². The van der Waals surface area contributed by atoms with Crippen molar-refractivity contribution in [2.75, 3.05) is 6.61 Å². The molecule has 1 nitrogen and oxygen atoms in total. The second-order valence-corrected chi connectivity index (χ2v) is 8.24. The molecule has 0 unspecified atom stereocenters. The maximum absolute atomic E-state index is 14.6. The first kappa shape index (κ1) is 21.0. The van der Waals surface area contributed by atoms with Crippen LogP contribution in [0.15, 0.2) is 42.5 Å². The van der Waals surface area contributed by atoms with E-state index in [1.54, 1.807) is 6.07 Å². The predicted molar refractivity (Wildman–Crippen MR) is 116 cm³/mol. The molecule has 1 aliphatic rings. The Morgan fingerprint density at radius 3 is 2.46 bits per heavy atom. The SMILES string of the molecule is CCCCC[C@H]1CC[C@H](c2ccccc2-c2ccc(COCC)c(F)c2)CC1. The molecule has 0 aliphatic heterocycles. The van der Waals surface area contributed by atoms with Gasteiger partial charge in [0.1, 0.15) is 5.82 Å². The van der Waals surface area contributed by atoms with Crippen molar-refractivity contribution < 1.29 is 9.13 Å². The Kier molecular flexibility index (Phi) is 8.09. The summed E-state index contributed by atoms with van der Waals surface area (Å²) in [5, 5.41) is 0. The van der Waals surface area contributed by atoms with E-state index in [-0.39, 0.29) is 5.82 Å². The van der Waals surface area contributed by atoms with Crippen LogP contribution >= 0.6 is 0 Å². The molecule has 1 saturated carbocycles. The number of halogens is 1. The number of hydrogen-bond acceptors (Lipinski definition) is 1. The number of benzene rings is 2. The van der Waals surface area contributed by atoms with E-state index in [0.29, 0.717) is 24.7 Å². The van der Waals surface area contributed by atoms with Gasteiger partial charge in [0, 0.05) is 12.2 Å². The van der Waals surface area contributed by atoms with Crippen molar-refractivity contribution >= 4 is 0 Å². The van der Waals surface area contributed by atoms with Crippen molar-refractivity contribution in [1.29, 1.82) is 0 Å². The fourth-order valence-corrected chi connectivity index (χ4v) is 4.60. The van der Waals surface area contributed by atoms with Gasteiger partial charge in [0.25, 0.3) is 0 Å². The van der Waals surface area contributed by atoms with Gasteiger partial charge < -0.3 is 4.74 Å². The summed E-state index contributed by atoms with van der Waals surface area (Å²) in [6, 6.07) is 14.2. The van der Waals surface area contributed by atoms with Crippen molar-refractivity contribution in [3.8, 4) is 11.1 Å². The minimum atomic E-state index is -0.166. The minimum Gasteiger partial charge on any atom is -0.377 e. The summed E-state index contributed by atoms with van der Waals surface area (Å²) in [5.74, 6) is 1.34. The zero-order valence-corrected chi connectivity index (χ0v) is 17.6. The number of hydrogen-bond donors (Lipinski definition) is 0. The fourth-order valence-electron chi connectivity index (χ4n) is 4.60. The van der Waals surface area contributed by atoms with Crippen LogP contribution in [0.3, 0.4) is 0 Å². The van der Waals surface area contributed by atoms with E-state index in [2.05, 4.69) is 31.2 Å².